The minimum Gasteiger partial charge on any atom is -0.354 e. The van der Waals surface area contributed by atoms with E-state index in [1.165, 1.54) is 0 Å². The molecule has 10 atom stereocenters. The number of carbonyl (C=O) groups is 1. The number of fused-ring (bicyclic) bond motifs is 2. The first-order valence-corrected chi connectivity index (χ1v) is 11.3. The summed E-state index contributed by atoms with van der Waals surface area (Å²) in [5.41, 5.74) is 0. The van der Waals surface area contributed by atoms with E-state index < -0.39 is 24.6 Å². The summed E-state index contributed by atoms with van der Waals surface area (Å²) in [6.07, 6.45) is 1.09. The average molecular weight is 401 g/mol. The van der Waals surface area contributed by atoms with E-state index in [4.69, 9.17) is 0 Å². The van der Waals surface area contributed by atoms with Crippen LogP contribution in [0.2, 0.25) is 0 Å². The predicted octanol–water partition coefficient (Wildman–Crippen LogP) is 3.97. The molecule has 6 heteroatoms. The number of alkyl halides is 3. The second-order valence-corrected chi connectivity index (χ2v) is 10.1. The van der Waals surface area contributed by atoms with Crippen LogP contribution >= 0.6 is 0 Å². The molecule has 10 unspecified atom stereocenters. The van der Waals surface area contributed by atoms with E-state index in [0.717, 1.165) is 38.5 Å². The minimum atomic E-state index is -1.98. The molecule has 160 valence electrons. The van der Waals surface area contributed by atoms with Crippen LogP contribution in [-0.4, -0.2) is 43.1 Å². The first-order valence-electron chi connectivity index (χ1n) is 11.3. The lowest BCUT2D eigenvalue weighted by Gasteiger charge is -2.46. The van der Waals surface area contributed by atoms with Crippen molar-refractivity contribution in [3.8, 4) is 0 Å². The fourth-order valence-electron chi connectivity index (χ4n) is 6.92. The van der Waals surface area contributed by atoms with Crippen molar-refractivity contribution in [2.45, 2.75) is 89.4 Å². The predicted molar refractivity (Wildman–Crippen MR) is 103 cm³/mol. The highest BCUT2D eigenvalue weighted by molar-refractivity contribution is 5.79. The lowest BCUT2D eigenvalue weighted by molar-refractivity contribution is -0.130. The van der Waals surface area contributed by atoms with E-state index in [1.807, 2.05) is 13.8 Å². The van der Waals surface area contributed by atoms with Gasteiger partial charge in [-0.25, -0.2) is 13.2 Å². The summed E-state index contributed by atoms with van der Waals surface area (Å²) in [7, 11) is 0. The molecule has 3 aliphatic carbocycles. The largest absolute Gasteiger partial charge is 0.354 e. The van der Waals surface area contributed by atoms with Crippen LogP contribution in [0.25, 0.3) is 0 Å². The summed E-state index contributed by atoms with van der Waals surface area (Å²) in [4.78, 5) is 12.7. The summed E-state index contributed by atoms with van der Waals surface area (Å²) in [6, 6.07) is -0.362. The maximum Gasteiger partial charge on any atom is 0.223 e. The Morgan fingerprint density at radius 3 is 2.43 bits per heavy atom. The molecular weight excluding hydrogens is 365 g/mol. The smallest absolute Gasteiger partial charge is 0.223 e. The number of halogens is 3. The van der Waals surface area contributed by atoms with Crippen molar-refractivity contribution in [2.75, 3.05) is 6.54 Å². The highest BCUT2D eigenvalue weighted by Crippen LogP contribution is 2.51. The van der Waals surface area contributed by atoms with E-state index in [-0.39, 0.29) is 36.1 Å². The van der Waals surface area contributed by atoms with Gasteiger partial charge in [0.25, 0.3) is 0 Å². The lowest BCUT2D eigenvalue weighted by atomic mass is 9.59. The second kappa shape index (κ2) is 8.16. The molecule has 1 saturated heterocycles. The number of amides is 1. The van der Waals surface area contributed by atoms with Gasteiger partial charge in [0.15, 0.2) is 6.17 Å². The molecule has 3 nitrogen and oxygen atoms in total. The van der Waals surface area contributed by atoms with E-state index in [1.54, 1.807) is 0 Å². The molecule has 1 amide bonds. The van der Waals surface area contributed by atoms with Crippen molar-refractivity contribution < 1.29 is 18.0 Å². The molecule has 28 heavy (non-hydrogen) atoms. The highest BCUT2D eigenvalue weighted by atomic mass is 19.2. The third kappa shape index (κ3) is 3.70. The SMILES string of the molecule is CC(C)NC(=O)C1CCCC2CC(C3CNC4C(F)C(F)C(F)CC34)CCC21. The van der Waals surface area contributed by atoms with Gasteiger partial charge in [-0.3, -0.25) is 4.79 Å². The summed E-state index contributed by atoms with van der Waals surface area (Å²) < 4.78 is 42.1. The Morgan fingerprint density at radius 2 is 1.68 bits per heavy atom. The highest BCUT2D eigenvalue weighted by Gasteiger charge is 2.54. The van der Waals surface area contributed by atoms with E-state index in [0.29, 0.717) is 24.3 Å². The molecule has 3 saturated carbocycles. The Hall–Kier alpha value is -0.780. The third-order valence-electron chi connectivity index (χ3n) is 8.15. The van der Waals surface area contributed by atoms with Gasteiger partial charge in [-0.15, -0.1) is 0 Å². The first kappa shape index (κ1) is 20.5. The van der Waals surface area contributed by atoms with Crippen LogP contribution in [0.3, 0.4) is 0 Å². The van der Waals surface area contributed by atoms with Gasteiger partial charge < -0.3 is 10.6 Å². The van der Waals surface area contributed by atoms with Gasteiger partial charge in [0, 0.05) is 18.0 Å². The third-order valence-corrected chi connectivity index (χ3v) is 8.15. The van der Waals surface area contributed by atoms with Gasteiger partial charge in [-0.2, -0.15) is 0 Å². The van der Waals surface area contributed by atoms with E-state index in [9.17, 15) is 18.0 Å². The Balaban J connectivity index is 1.41. The van der Waals surface area contributed by atoms with Gasteiger partial charge in [0.05, 0.1) is 0 Å². The summed E-state index contributed by atoms with van der Waals surface area (Å²) in [5, 5.41) is 6.28. The first-order chi connectivity index (χ1) is 13.4. The summed E-state index contributed by atoms with van der Waals surface area (Å²) >= 11 is 0. The molecule has 1 aliphatic heterocycles. The zero-order chi connectivity index (χ0) is 20.0. The molecular formula is C22H35F3N2O. The van der Waals surface area contributed by atoms with Crippen LogP contribution in [0, 0.1) is 35.5 Å². The quantitative estimate of drug-likeness (QED) is 0.753. The molecule has 0 radical (unpaired) electrons. The molecule has 0 aromatic rings. The fourth-order valence-corrected chi connectivity index (χ4v) is 6.92. The van der Waals surface area contributed by atoms with Gasteiger partial charge in [-0.05, 0) is 82.1 Å². The minimum absolute atomic E-state index is 0.0952. The van der Waals surface area contributed by atoms with Crippen molar-refractivity contribution in [3.63, 3.8) is 0 Å². The van der Waals surface area contributed by atoms with Gasteiger partial charge in [-0.1, -0.05) is 12.8 Å². The molecule has 0 bridgehead atoms. The van der Waals surface area contributed by atoms with Crippen LogP contribution in [0.1, 0.15) is 58.8 Å². The van der Waals surface area contributed by atoms with Gasteiger partial charge in [0.1, 0.15) is 12.3 Å². The number of hydrogen-bond acceptors (Lipinski definition) is 2. The number of nitrogens with one attached hydrogen (secondary N) is 2. The lowest BCUT2D eigenvalue weighted by Crippen LogP contribution is -2.51. The van der Waals surface area contributed by atoms with Crippen molar-refractivity contribution in [3.05, 3.63) is 0 Å². The second-order valence-electron chi connectivity index (χ2n) is 10.1. The molecule has 2 N–H and O–H groups in total. The summed E-state index contributed by atoms with van der Waals surface area (Å²) in [5.74, 6) is 1.87. The van der Waals surface area contributed by atoms with Crippen LogP contribution in [0.4, 0.5) is 13.2 Å². The maximum absolute atomic E-state index is 14.3. The van der Waals surface area contributed by atoms with Crippen LogP contribution < -0.4 is 10.6 Å². The van der Waals surface area contributed by atoms with Crippen molar-refractivity contribution in [2.24, 2.45) is 35.5 Å². The zero-order valence-electron chi connectivity index (χ0n) is 17.0. The Bertz CT molecular complexity index is 574. The molecule has 0 aromatic carbocycles. The van der Waals surface area contributed by atoms with Crippen molar-refractivity contribution in [1.82, 2.24) is 10.6 Å². The van der Waals surface area contributed by atoms with Crippen LogP contribution in [-0.2, 0) is 4.79 Å². The fraction of sp³-hybridized carbons (Fsp3) is 0.955. The molecule has 4 aliphatic rings. The Morgan fingerprint density at radius 1 is 0.929 bits per heavy atom. The standard InChI is InChI=1S/C22H35F3N2O/c1-11(2)27-22(28)15-5-3-4-12-8-13(6-7-14(12)15)17-10-26-21-16(17)9-18(23)19(24)20(21)25/h11-21,26H,3-10H2,1-2H3,(H,27,28). The number of hydrogen-bond donors (Lipinski definition) is 2. The molecule has 0 spiro atoms. The van der Waals surface area contributed by atoms with Crippen molar-refractivity contribution >= 4 is 5.91 Å². The monoisotopic (exact) mass is 400 g/mol. The van der Waals surface area contributed by atoms with Gasteiger partial charge in [0.2, 0.25) is 5.91 Å². The van der Waals surface area contributed by atoms with Gasteiger partial charge >= 0.3 is 0 Å². The average Bonchev–Trinajstić information content (AvgIpc) is 3.08. The van der Waals surface area contributed by atoms with Crippen molar-refractivity contribution in [1.29, 1.82) is 0 Å². The number of carbonyl (C=O) groups excluding carboxylic acids is 1. The zero-order valence-corrected chi connectivity index (χ0v) is 17.0. The topological polar surface area (TPSA) is 41.1 Å². The molecule has 1 heterocycles. The maximum atomic E-state index is 14.3. The summed E-state index contributed by atoms with van der Waals surface area (Å²) in [6.45, 7) is 4.68. The molecule has 0 aromatic heterocycles. The Kier molecular flexibility index (Phi) is 5.97. The van der Waals surface area contributed by atoms with Crippen LogP contribution in [0.15, 0.2) is 0 Å². The van der Waals surface area contributed by atoms with E-state index in [2.05, 4.69) is 10.6 Å². The number of rotatable bonds is 3. The Labute approximate surface area is 166 Å². The van der Waals surface area contributed by atoms with Crippen LogP contribution in [0.5, 0.6) is 0 Å². The molecule has 4 rings (SSSR count). The molecule has 4 fully saturated rings. The normalized spacial score (nSPS) is 48.8. The van der Waals surface area contributed by atoms with E-state index >= 15 is 0 Å².